The normalized spacial score (nSPS) is 11.7. The number of ether oxygens (including phenoxy) is 1. The number of hydrogen-bond donors (Lipinski definition) is 2. The van der Waals surface area contributed by atoms with Crippen molar-refractivity contribution in [3.05, 3.63) is 47.4 Å². The predicted octanol–water partition coefficient (Wildman–Crippen LogP) is 4.52. The highest BCUT2D eigenvalue weighted by atomic mass is 16.6. The average Bonchev–Trinajstić information content (AvgIpc) is 3.03. The maximum Gasteiger partial charge on any atom is 0.412 e. The van der Waals surface area contributed by atoms with Gasteiger partial charge in [0, 0.05) is 17.8 Å². The van der Waals surface area contributed by atoms with E-state index >= 15 is 0 Å². The Labute approximate surface area is 170 Å². The molecule has 1 amide bonds. The van der Waals surface area contributed by atoms with E-state index in [0.717, 1.165) is 16.8 Å². The van der Waals surface area contributed by atoms with E-state index in [0.29, 0.717) is 29.9 Å². The number of carbonyl (C=O) groups excluding carboxylic acids is 1. The van der Waals surface area contributed by atoms with E-state index in [1.807, 2.05) is 58.2 Å². The third-order valence-corrected chi connectivity index (χ3v) is 4.22. The molecule has 0 aliphatic heterocycles. The van der Waals surface area contributed by atoms with E-state index in [1.165, 1.54) is 0 Å². The van der Waals surface area contributed by atoms with Gasteiger partial charge in [-0.05, 0) is 45.2 Å². The number of aryl methyl sites for hydroxylation is 1. The Morgan fingerprint density at radius 1 is 1.21 bits per heavy atom. The van der Waals surface area contributed by atoms with Gasteiger partial charge in [-0.25, -0.2) is 9.78 Å². The van der Waals surface area contributed by atoms with Crippen LogP contribution in [0.1, 0.15) is 57.5 Å². The van der Waals surface area contributed by atoms with Crippen molar-refractivity contribution < 1.29 is 9.53 Å². The molecule has 3 rings (SSSR count). The lowest BCUT2D eigenvalue weighted by Crippen LogP contribution is -2.27. The summed E-state index contributed by atoms with van der Waals surface area (Å²) in [6.07, 6.45) is 1.34. The Hall–Kier alpha value is -3.16. The number of fused-ring (bicyclic) bond motifs is 1. The lowest BCUT2D eigenvalue weighted by Gasteiger charge is -2.20. The SMILES string of the molecule is Cc1nc(NCc2ccccc2NC(=O)OC(C)(C)C)n2ncc(C(C)C)c2n1. The fourth-order valence-electron chi connectivity index (χ4n) is 2.91. The predicted molar refractivity (Wildman–Crippen MR) is 113 cm³/mol. The molecule has 0 spiro atoms. The molecule has 2 aromatic heterocycles. The van der Waals surface area contributed by atoms with Crippen molar-refractivity contribution in [2.24, 2.45) is 0 Å². The number of nitrogens with one attached hydrogen (secondary N) is 2. The maximum atomic E-state index is 12.2. The van der Waals surface area contributed by atoms with Crippen molar-refractivity contribution in [1.82, 2.24) is 19.6 Å². The zero-order valence-corrected chi connectivity index (χ0v) is 17.8. The summed E-state index contributed by atoms with van der Waals surface area (Å²) >= 11 is 0. The minimum Gasteiger partial charge on any atom is -0.444 e. The van der Waals surface area contributed by atoms with E-state index in [-0.39, 0.29) is 0 Å². The van der Waals surface area contributed by atoms with Gasteiger partial charge in [-0.15, -0.1) is 0 Å². The van der Waals surface area contributed by atoms with Crippen LogP contribution in [0.3, 0.4) is 0 Å². The van der Waals surface area contributed by atoms with Crippen LogP contribution in [0, 0.1) is 6.92 Å². The fourth-order valence-corrected chi connectivity index (χ4v) is 2.91. The summed E-state index contributed by atoms with van der Waals surface area (Å²) in [5.41, 5.74) is 2.90. The van der Waals surface area contributed by atoms with Gasteiger partial charge in [-0.2, -0.15) is 14.6 Å². The summed E-state index contributed by atoms with van der Waals surface area (Å²) < 4.78 is 7.07. The van der Waals surface area contributed by atoms with Crippen molar-refractivity contribution in [2.45, 2.75) is 59.6 Å². The first-order valence-electron chi connectivity index (χ1n) is 9.68. The van der Waals surface area contributed by atoms with E-state index in [1.54, 1.807) is 4.52 Å². The van der Waals surface area contributed by atoms with E-state index in [2.05, 4.69) is 39.5 Å². The topological polar surface area (TPSA) is 93.4 Å². The molecule has 3 aromatic rings. The number of amides is 1. The van der Waals surface area contributed by atoms with Crippen LogP contribution >= 0.6 is 0 Å². The van der Waals surface area contributed by atoms with Gasteiger partial charge in [0.05, 0.1) is 6.20 Å². The number of anilines is 2. The molecule has 8 heteroatoms. The highest BCUT2D eigenvalue weighted by molar-refractivity contribution is 5.86. The average molecular weight is 396 g/mol. The number of nitrogens with zero attached hydrogens (tertiary/aromatic N) is 4. The first-order chi connectivity index (χ1) is 13.6. The fraction of sp³-hybridized carbons (Fsp3) is 0.429. The van der Waals surface area contributed by atoms with Gasteiger partial charge in [-0.3, -0.25) is 5.32 Å². The van der Waals surface area contributed by atoms with Crippen LogP contribution in [0.15, 0.2) is 30.5 Å². The molecule has 0 aliphatic carbocycles. The van der Waals surface area contributed by atoms with E-state index in [4.69, 9.17) is 4.74 Å². The van der Waals surface area contributed by atoms with Crippen molar-refractivity contribution in [1.29, 1.82) is 0 Å². The molecule has 0 saturated heterocycles. The smallest absolute Gasteiger partial charge is 0.412 e. The number of hydrogen-bond acceptors (Lipinski definition) is 6. The number of rotatable bonds is 5. The molecule has 0 unspecified atom stereocenters. The second kappa shape index (κ2) is 8.06. The van der Waals surface area contributed by atoms with Gasteiger partial charge in [0.15, 0.2) is 5.65 Å². The Morgan fingerprint density at radius 2 is 1.93 bits per heavy atom. The van der Waals surface area contributed by atoms with Crippen molar-refractivity contribution in [3.63, 3.8) is 0 Å². The van der Waals surface area contributed by atoms with E-state index < -0.39 is 11.7 Å². The third-order valence-electron chi connectivity index (χ3n) is 4.22. The van der Waals surface area contributed by atoms with Gasteiger partial charge in [0.2, 0.25) is 5.95 Å². The Balaban J connectivity index is 1.81. The van der Waals surface area contributed by atoms with Crippen molar-refractivity contribution in [2.75, 3.05) is 10.6 Å². The number of aromatic nitrogens is 4. The molecular weight excluding hydrogens is 368 g/mol. The molecule has 8 nitrogen and oxygen atoms in total. The lowest BCUT2D eigenvalue weighted by molar-refractivity contribution is 0.0636. The van der Waals surface area contributed by atoms with E-state index in [9.17, 15) is 4.79 Å². The quantitative estimate of drug-likeness (QED) is 0.659. The molecule has 154 valence electrons. The monoisotopic (exact) mass is 396 g/mol. The molecule has 29 heavy (non-hydrogen) atoms. The van der Waals surface area contributed by atoms with Crippen LogP contribution in [0.25, 0.3) is 5.65 Å². The first kappa shape index (κ1) is 20.6. The summed E-state index contributed by atoms with van der Waals surface area (Å²) in [5.74, 6) is 1.59. The molecule has 2 N–H and O–H groups in total. The minimum absolute atomic E-state index is 0.313. The lowest BCUT2D eigenvalue weighted by atomic mass is 10.1. The van der Waals surface area contributed by atoms with Crippen molar-refractivity contribution in [3.8, 4) is 0 Å². The van der Waals surface area contributed by atoms with Crippen LogP contribution in [-0.2, 0) is 11.3 Å². The van der Waals surface area contributed by atoms with Gasteiger partial charge in [-0.1, -0.05) is 32.0 Å². The van der Waals surface area contributed by atoms with Gasteiger partial charge in [0.25, 0.3) is 0 Å². The molecule has 0 atom stereocenters. The van der Waals surface area contributed by atoms with Gasteiger partial charge >= 0.3 is 6.09 Å². The van der Waals surface area contributed by atoms with Crippen LogP contribution in [0.4, 0.5) is 16.4 Å². The largest absolute Gasteiger partial charge is 0.444 e. The summed E-state index contributed by atoms with van der Waals surface area (Å²) in [4.78, 5) is 21.2. The second-order valence-electron chi connectivity index (χ2n) is 8.22. The first-order valence-corrected chi connectivity index (χ1v) is 9.68. The molecule has 0 fully saturated rings. The molecule has 1 aromatic carbocycles. The molecule has 0 bridgehead atoms. The van der Waals surface area contributed by atoms with Crippen LogP contribution in [0.5, 0.6) is 0 Å². The summed E-state index contributed by atoms with van der Waals surface area (Å²) in [5, 5.41) is 10.6. The molecule has 0 radical (unpaired) electrons. The zero-order chi connectivity index (χ0) is 21.2. The van der Waals surface area contributed by atoms with Crippen LogP contribution in [0.2, 0.25) is 0 Å². The second-order valence-corrected chi connectivity index (χ2v) is 8.22. The zero-order valence-electron chi connectivity index (χ0n) is 17.8. The standard InChI is InChI=1S/C21H28N6O2/c1-13(2)16-12-23-27-18(16)24-14(3)25-19(27)22-11-15-9-7-8-10-17(15)26-20(28)29-21(4,5)6/h7-10,12-13H,11H2,1-6H3,(H,26,28)(H,22,24,25). The minimum atomic E-state index is -0.560. The third kappa shape index (κ3) is 5.01. The van der Waals surface area contributed by atoms with Gasteiger partial charge < -0.3 is 10.1 Å². The Kier molecular flexibility index (Phi) is 5.72. The van der Waals surface area contributed by atoms with Crippen molar-refractivity contribution >= 4 is 23.4 Å². The summed E-state index contributed by atoms with van der Waals surface area (Å²) in [7, 11) is 0. The number of para-hydroxylation sites is 1. The summed E-state index contributed by atoms with van der Waals surface area (Å²) in [6, 6.07) is 7.56. The van der Waals surface area contributed by atoms with Crippen LogP contribution < -0.4 is 10.6 Å². The van der Waals surface area contributed by atoms with Crippen LogP contribution in [-0.4, -0.2) is 31.3 Å². The molecule has 0 aliphatic rings. The highest BCUT2D eigenvalue weighted by Gasteiger charge is 2.18. The summed E-state index contributed by atoms with van der Waals surface area (Å²) in [6.45, 7) is 12.0. The molecular formula is C21H28N6O2. The highest BCUT2D eigenvalue weighted by Crippen LogP contribution is 2.22. The Morgan fingerprint density at radius 3 is 2.62 bits per heavy atom. The molecule has 2 heterocycles. The number of benzene rings is 1. The Bertz CT molecular complexity index is 1020. The van der Waals surface area contributed by atoms with Gasteiger partial charge in [0.1, 0.15) is 11.4 Å². The number of carbonyl (C=O) groups is 1. The molecule has 0 saturated carbocycles. The maximum absolute atomic E-state index is 12.2.